The number of ether oxygens (including phenoxy) is 2. The molecule has 1 aliphatic heterocycles. The van der Waals surface area contributed by atoms with E-state index in [9.17, 15) is 28.8 Å². The average Bonchev–Trinajstić information content (AvgIpc) is 4.14. The van der Waals surface area contributed by atoms with Gasteiger partial charge in [-0.2, -0.15) is 5.10 Å². The third-order valence-electron chi connectivity index (χ3n) is 12.2. The van der Waals surface area contributed by atoms with Crippen LogP contribution in [0.4, 0.5) is 5.95 Å². The van der Waals surface area contributed by atoms with E-state index in [2.05, 4.69) is 26.1 Å². The van der Waals surface area contributed by atoms with Gasteiger partial charge in [-0.3, -0.25) is 34.1 Å². The number of fused-ring (bicyclic) bond motifs is 4. The number of rotatable bonds is 21. The van der Waals surface area contributed by atoms with Gasteiger partial charge in [0.1, 0.15) is 41.1 Å². The quantitative estimate of drug-likeness (QED) is 0.0516. The van der Waals surface area contributed by atoms with E-state index in [0.717, 1.165) is 18.4 Å². The summed E-state index contributed by atoms with van der Waals surface area (Å²) in [5, 5.41) is 8.73. The highest BCUT2D eigenvalue weighted by atomic mass is 16.5. The topological polar surface area (TPSA) is 297 Å². The second-order valence-corrected chi connectivity index (χ2v) is 16.9. The second kappa shape index (κ2) is 23.1. The molecule has 0 bridgehead atoms. The molecule has 0 spiro atoms. The van der Waals surface area contributed by atoms with Gasteiger partial charge in [0.05, 0.1) is 30.4 Å². The third kappa shape index (κ3) is 11.2. The number of nitrogens with zero attached hydrogens (tertiary/aromatic N) is 11. The summed E-state index contributed by atoms with van der Waals surface area (Å²) in [6, 6.07) is 6.51. The summed E-state index contributed by atoms with van der Waals surface area (Å²) < 4.78 is 23.4. The normalized spacial score (nSPS) is 12.6. The number of methoxy groups -OCH3 is 1. The SMILES string of the molecule is CCc1nc(C)oc1C(=O)Nc1nc2cc(C(N)=O)cc(OC)c2n1C/C=C/Cn1c2nc(-c3nc(C)nn3CC)ncc2c2cc(C=O)cc(OCCC3CN(C(=O)CCN(C)C(=O)/C=C\C=O)C3)c21.CN. The molecule has 73 heavy (non-hydrogen) atoms. The van der Waals surface area contributed by atoms with Crippen LogP contribution in [0.25, 0.3) is 44.6 Å². The fraction of sp³-hybridized carbons (Fsp3) is 0.360. The number of hydrogen-bond donors (Lipinski definition) is 3. The Morgan fingerprint density at radius 2 is 1.70 bits per heavy atom. The summed E-state index contributed by atoms with van der Waals surface area (Å²) in [6.07, 6.45) is 10.3. The predicted molar refractivity (Wildman–Crippen MR) is 270 cm³/mol. The summed E-state index contributed by atoms with van der Waals surface area (Å²) in [7, 11) is 4.54. The lowest BCUT2D eigenvalue weighted by atomic mass is 9.96. The number of anilines is 1. The summed E-state index contributed by atoms with van der Waals surface area (Å²) >= 11 is 0. The zero-order valence-electron chi connectivity index (χ0n) is 41.7. The Kier molecular flexibility index (Phi) is 16.5. The fourth-order valence-electron chi connectivity index (χ4n) is 8.57. The van der Waals surface area contributed by atoms with Crippen LogP contribution in [0.15, 0.2) is 59.2 Å². The van der Waals surface area contributed by atoms with Crippen LogP contribution in [0, 0.1) is 19.8 Å². The van der Waals surface area contributed by atoms with E-state index in [1.807, 2.05) is 30.6 Å². The molecule has 382 valence electrons. The van der Waals surface area contributed by atoms with Gasteiger partial charge in [0, 0.05) is 93.8 Å². The van der Waals surface area contributed by atoms with Crippen molar-refractivity contribution in [2.45, 2.75) is 66.6 Å². The number of hydrogen-bond acceptors (Lipinski definition) is 16. The summed E-state index contributed by atoms with van der Waals surface area (Å²) in [4.78, 5) is 101. The summed E-state index contributed by atoms with van der Waals surface area (Å²) in [5.74, 6) is 1.21. The largest absolute Gasteiger partial charge is 0.494 e. The highest BCUT2D eigenvalue weighted by Crippen LogP contribution is 2.37. The molecular weight excluding hydrogens is 941 g/mol. The Labute approximate surface area is 419 Å². The van der Waals surface area contributed by atoms with Gasteiger partial charge in [0.25, 0.3) is 5.91 Å². The second-order valence-electron chi connectivity index (χ2n) is 16.9. The zero-order valence-corrected chi connectivity index (χ0v) is 41.7. The molecule has 23 heteroatoms. The number of carbonyl (C=O) groups excluding carboxylic acids is 6. The summed E-state index contributed by atoms with van der Waals surface area (Å²) in [5.41, 5.74) is 13.3. The molecule has 0 aliphatic carbocycles. The first kappa shape index (κ1) is 52.2. The summed E-state index contributed by atoms with van der Waals surface area (Å²) in [6.45, 7) is 9.80. The number of benzene rings is 2. The Balaban J connectivity index is 0.00000385. The number of oxazole rings is 1. The maximum atomic E-state index is 13.7. The van der Waals surface area contributed by atoms with Crippen molar-refractivity contribution in [3.05, 3.63) is 89.1 Å². The molecule has 4 amide bonds. The number of allylic oxidation sites excluding steroid dienone is 3. The van der Waals surface area contributed by atoms with Gasteiger partial charge in [-0.15, -0.1) is 0 Å². The van der Waals surface area contributed by atoms with Gasteiger partial charge in [-0.1, -0.05) is 19.1 Å². The lowest BCUT2D eigenvalue weighted by Crippen LogP contribution is -2.51. The number of amides is 4. The van der Waals surface area contributed by atoms with Crippen LogP contribution in [0.3, 0.4) is 0 Å². The molecule has 0 saturated carbocycles. The Hall–Kier alpha value is -8.60. The molecule has 0 radical (unpaired) electrons. The number of aromatic nitrogens is 9. The number of nitrogens with two attached hydrogens (primary N) is 2. The molecule has 0 atom stereocenters. The Morgan fingerprint density at radius 1 is 0.945 bits per heavy atom. The van der Waals surface area contributed by atoms with Gasteiger partial charge in [-0.25, -0.2) is 29.6 Å². The van der Waals surface area contributed by atoms with Gasteiger partial charge in [0.15, 0.2) is 17.5 Å². The molecular formula is C50H58N14O9. The van der Waals surface area contributed by atoms with Crippen LogP contribution in [0.2, 0.25) is 0 Å². The molecule has 5 N–H and O–H groups in total. The molecule has 7 aromatic rings. The van der Waals surface area contributed by atoms with Gasteiger partial charge in [0.2, 0.25) is 29.4 Å². The molecule has 5 aromatic heterocycles. The minimum Gasteiger partial charge on any atom is -0.494 e. The van der Waals surface area contributed by atoms with Gasteiger partial charge in [-0.05, 0) is 70.0 Å². The molecule has 1 aliphatic rings. The van der Waals surface area contributed by atoms with Crippen LogP contribution < -0.4 is 26.3 Å². The number of likely N-dealkylation sites (N-methyl/N-ethyl adjacent to an activating group) is 1. The number of likely N-dealkylation sites (tertiary alicyclic amines) is 1. The molecule has 0 unspecified atom stereocenters. The van der Waals surface area contributed by atoms with E-state index in [4.69, 9.17) is 34.6 Å². The van der Waals surface area contributed by atoms with Crippen molar-refractivity contribution in [3.63, 3.8) is 0 Å². The minimum absolute atomic E-state index is 0.0567. The minimum atomic E-state index is -0.679. The molecule has 1 saturated heterocycles. The van der Waals surface area contributed by atoms with Crippen molar-refractivity contribution in [3.8, 4) is 23.1 Å². The van der Waals surface area contributed by atoms with E-state index in [0.29, 0.717) is 118 Å². The van der Waals surface area contributed by atoms with Crippen LogP contribution in [-0.2, 0) is 40.4 Å². The first-order valence-corrected chi connectivity index (χ1v) is 23.6. The molecule has 23 nitrogen and oxygen atoms in total. The maximum Gasteiger partial charge on any atom is 0.295 e. The smallest absolute Gasteiger partial charge is 0.295 e. The van der Waals surface area contributed by atoms with Crippen molar-refractivity contribution >= 4 is 75.1 Å². The van der Waals surface area contributed by atoms with E-state index in [1.54, 1.807) is 53.4 Å². The lowest BCUT2D eigenvalue weighted by molar-refractivity contribution is -0.138. The number of nitrogens with one attached hydrogen (secondary N) is 1. The van der Waals surface area contributed by atoms with Crippen molar-refractivity contribution in [2.24, 2.45) is 17.4 Å². The van der Waals surface area contributed by atoms with Gasteiger partial charge < -0.3 is 44.3 Å². The molecule has 2 aromatic carbocycles. The van der Waals surface area contributed by atoms with Crippen LogP contribution >= 0.6 is 0 Å². The molecule has 1 fully saturated rings. The molecule has 8 rings (SSSR count). The zero-order chi connectivity index (χ0) is 52.5. The third-order valence-corrected chi connectivity index (χ3v) is 12.2. The lowest BCUT2D eigenvalue weighted by Gasteiger charge is -2.39. The maximum absolute atomic E-state index is 13.7. The Bertz CT molecular complexity index is 3280. The van der Waals surface area contributed by atoms with Crippen LogP contribution in [0.5, 0.6) is 11.5 Å². The number of carbonyl (C=O) groups is 6. The van der Waals surface area contributed by atoms with Crippen molar-refractivity contribution in [2.75, 3.05) is 52.8 Å². The number of imidazole rings is 1. The highest BCUT2D eigenvalue weighted by molar-refractivity contribution is 6.10. The van der Waals surface area contributed by atoms with Gasteiger partial charge >= 0.3 is 0 Å². The number of aldehydes is 2. The van der Waals surface area contributed by atoms with E-state index in [1.165, 1.54) is 31.2 Å². The number of primary amides is 1. The standard InChI is InChI=1S/C49H53N13O9.CH5N/c1-7-35-43(71-29(4)53-35)48(68)56-49-54-36-22-32(44(50)67)23-37(69-6)42(36)61(49)16-10-9-15-60-41-33(34-24-51-45(55-46(34)60)47-52-28(3)57-62(47)8-2)20-31(27-64)21-38(41)70-19-14-30-25-59(26-30)40(66)13-17-58(5)39(65)12-11-18-63;1-2/h9-12,18,20-24,27,30H,7-8,13-17,19,25-26H2,1-6H3,(H2,50,67)(H,54,56,68);2H2,1H3/b10-9+,12-11-;. The average molecular weight is 999 g/mol. The van der Waals surface area contributed by atoms with Crippen molar-refractivity contribution in [1.29, 1.82) is 0 Å². The molecule has 6 heterocycles. The van der Waals surface area contributed by atoms with Crippen molar-refractivity contribution < 1.29 is 42.7 Å². The monoisotopic (exact) mass is 998 g/mol. The van der Waals surface area contributed by atoms with Crippen molar-refractivity contribution in [1.82, 2.24) is 53.6 Å². The number of aryl methyl sites for hydroxylation is 4. The van der Waals surface area contributed by atoms with E-state index >= 15 is 0 Å². The predicted octanol–water partition coefficient (Wildman–Crippen LogP) is 4.21. The van der Waals surface area contributed by atoms with Crippen LogP contribution in [0.1, 0.15) is 75.4 Å². The van der Waals surface area contributed by atoms with E-state index < -0.39 is 11.8 Å². The van der Waals surface area contributed by atoms with E-state index in [-0.39, 0.29) is 67.7 Å². The first-order valence-electron chi connectivity index (χ1n) is 23.6. The fourth-order valence-corrected chi connectivity index (χ4v) is 8.57. The Morgan fingerprint density at radius 3 is 2.38 bits per heavy atom. The highest BCUT2D eigenvalue weighted by Gasteiger charge is 2.31. The van der Waals surface area contributed by atoms with Crippen LogP contribution in [-0.4, -0.2) is 137 Å². The first-order chi connectivity index (χ1) is 35.2.